The first-order chi connectivity index (χ1) is 14.2. The molecule has 0 atom stereocenters. The Morgan fingerprint density at radius 3 is 2.48 bits per heavy atom. The minimum absolute atomic E-state index is 0. The summed E-state index contributed by atoms with van der Waals surface area (Å²) < 4.78 is 50.7. The van der Waals surface area contributed by atoms with Gasteiger partial charge >= 0.3 is 6.18 Å². The van der Waals surface area contributed by atoms with E-state index in [-0.39, 0.29) is 24.0 Å². The van der Waals surface area contributed by atoms with E-state index in [9.17, 15) is 13.2 Å². The molecule has 2 heterocycles. The van der Waals surface area contributed by atoms with Gasteiger partial charge in [0.2, 0.25) is 5.89 Å². The molecule has 2 aromatic rings. The van der Waals surface area contributed by atoms with E-state index in [4.69, 9.17) is 9.15 Å². The van der Waals surface area contributed by atoms with Crippen LogP contribution in [0.2, 0.25) is 0 Å². The minimum Gasteiger partial charge on any atom is -0.444 e. The van der Waals surface area contributed by atoms with E-state index in [1.165, 1.54) is 12.1 Å². The first-order valence-corrected chi connectivity index (χ1v) is 9.86. The van der Waals surface area contributed by atoms with Crippen LogP contribution in [0.15, 0.2) is 33.7 Å². The summed E-state index contributed by atoms with van der Waals surface area (Å²) in [6, 6.07) is 5.58. The lowest BCUT2D eigenvalue weighted by Gasteiger charge is -2.38. The van der Waals surface area contributed by atoms with Gasteiger partial charge in [0.05, 0.1) is 17.8 Å². The third-order valence-electron chi connectivity index (χ3n) is 5.55. The van der Waals surface area contributed by atoms with Crippen molar-refractivity contribution in [2.75, 3.05) is 26.8 Å². The van der Waals surface area contributed by atoms with Crippen molar-refractivity contribution in [2.45, 2.75) is 44.8 Å². The Kier molecular flexibility index (Phi) is 8.75. The number of aliphatic imine (C=N–C) groups is 1. The number of guanidine groups is 1. The predicted octanol–water partition coefficient (Wildman–Crippen LogP) is 4.34. The van der Waals surface area contributed by atoms with Crippen LogP contribution in [0.1, 0.15) is 41.3 Å². The monoisotopic (exact) mass is 552 g/mol. The molecule has 0 spiro atoms. The zero-order valence-electron chi connectivity index (χ0n) is 17.8. The largest absolute Gasteiger partial charge is 0.444 e. The highest BCUT2D eigenvalue weighted by Gasteiger charge is 2.37. The highest BCUT2D eigenvalue weighted by molar-refractivity contribution is 14.0. The van der Waals surface area contributed by atoms with Crippen molar-refractivity contribution >= 4 is 29.9 Å². The molecule has 0 saturated carbocycles. The minimum atomic E-state index is -4.38. The topological polar surface area (TPSA) is 71.7 Å². The van der Waals surface area contributed by atoms with Crippen LogP contribution < -0.4 is 10.6 Å². The third-order valence-corrected chi connectivity index (χ3v) is 5.55. The summed E-state index contributed by atoms with van der Waals surface area (Å²) in [4.78, 5) is 8.54. The van der Waals surface area contributed by atoms with Gasteiger partial charge in [-0.3, -0.25) is 4.99 Å². The number of oxazole rings is 1. The third kappa shape index (κ3) is 6.34. The molecule has 3 rings (SSSR count). The molecule has 1 aliphatic rings. The van der Waals surface area contributed by atoms with Crippen molar-refractivity contribution < 1.29 is 22.3 Å². The fourth-order valence-corrected chi connectivity index (χ4v) is 3.60. The lowest BCUT2D eigenvalue weighted by Crippen LogP contribution is -2.48. The lowest BCUT2D eigenvalue weighted by atomic mass is 9.73. The maximum absolute atomic E-state index is 13.2. The number of nitrogens with one attached hydrogen (secondary N) is 2. The Balaban J connectivity index is 0.00000341. The molecule has 1 saturated heterocycles. The zero-order valence-corrected chi connectivity index (χ0v) is 20.1. The Hall–Kier alpha value is -1.82. The van der Waals surface area contributed by atoms with Crippen molar-refractivity contribution in [3.8, 4) is 0 Å². The van der Waals surface area contributed by atoms with Crippen molar-refractivity contribution in [3.63, 3.8) is 0 Å². The molecule has 0 bridgehead atoms. The summed E-state index contributed by atoms with van der Waals surface area (Å²) in [7, 11) is 1.64. The van der Waals surface area contributed by atoms with E-state index in [0.717, 1.165) is 17.5 Å². The molecule has 1 aliphatic heterocycles. The second kappa shape index (κ2) is 10.7. The molecule has 0 unspecified atom stereocenters. The first kappa shape index (κ1) is 25.4. The molecular formula is C21H28F3IN4O2. The fraction of sp³-hybridized carbons (Fsp3) is 0.524. The Bertz CT molecular complexity index is 873. The van der Waals surface area contributed by atoms with E-state index in [2.05, 4.69) is 20.6 Å². The number of hydrogen-bond donors (Lipinski definition) is 2. The van der Waals surface area contributed by atoms with Gasteiger partial charge in [-0.2, -0.15) is 13.2 Å². The number of benzene rings is 1. The molecule has 31 heavy (non-hydrogen) atoms. The molecule has 1 aromatic carbocycles. The van der Waals surface area contributed by atoms with Gasteiger partial charge in [0.1, 0.15) is 5.76 Å². The van der Waals surface area contributed by atoms with E-state index in [1.54, 1.807) is 13.1 Å². The summed E-state index contributed by atoms with van der Waals surface area (Å²) in [6.45, 7) is 5.51. The van der Waals surface area contributed by atoms with E-state index in [1.807, 2.05) is 13.8 Å². The number of aryl methyl sites for hydroxylation is 2. The van der Waals surface area contributed by atoms with Crippen LogP contribution in [0.4, 0.5) is 13.2 Å². The van der Waals surface area contributed by atoms with Crippen LogP contribution in [0.3, 0.4) is 0 Å². The Labute approximate surface area is 197 Å². The van der Waals surface area contributed by atoms with Crippen LogP contribution in [0.25, 0.3) is 0 Å². The van der Waals surface area contributed by atoms with Crippen LogP contribution in [-0.4, -0.2) is 37.7 Å². The quantitative estimate of drug-likeness (QED) is 0.328. The standard InChI is InChI=1S/C21H27F3N4O2.HI/c1-14-15(2)30-18(28-14)12-26-19(25-3)27-13-20(7-9-29-10-8-20)16-5-4-6-17(11-16)21(22,23)24;/h4-6,11H,7-10,12-13H2,1-3H3,(H2,25,26,27);1H. The van der Waals surface area contributed by atoms with E-state index in [0.29, 0.717) is 56.6 Å². The smallest absolute Gasteiger partial charge is 0.416 e. The molecular weight excluding hydrogens is 524 g/mol. The second-order valence-corrected chi connectivity index (χ2v) is 7.50. The highest BCUT2D eigenvalue weighted by Crippen LogP contribution is 2.37. The molecule has 172 valence electrons. The van der Waals surface area contributed by atoms with Gasteiger partial charge in [-0.05, 0) is 38.3 Å². The highest BCUT2D eigenvalue weighted by atomic mass is 127. The summed E-state index contributed by atoms with van der Waals surface area (Å²) in [6.07, 6.45) is -3.13. The molecule has 10 heteroatoms. The van der Waals surface area contributed by atoms with Crippen LogP contribution in [0.5, 0.6) is 0 Å². The van der Waals surface area contributed by atoms with Crippen LogP contribution in [0, 0.1) is 13.8 Å². The van der Waals surface area contributed by atoms with Gasteiger partial charge in [-0.1, -0.05) is 18.2 Å². The van der Waals surface area contributed by atoms with Crippen LogP contribution in [-0.2, 0) is 22.9 Å². The van der Waals surface area contributed by atoms with Gasteiger partial charge in [0, 0.05) is 32.2 Å². The molecule has 6 nitrogen and oxygen atoms in total. The SMILES string of the molecule is CN=C(NCc1nc(C)c(C)o1)NCC1(c2cccc(C(F)(F)F)c2)CCOCC1.I. The second-order valence-electron chi connectivity index (χ2n) is 7.50. The molecule has 0 radical (unpaired) electrons. The predicted molar refractivity (Wildman–Crippen MR) is 123 cm³/mol. The number of rotatable bonds is 5. The lowest BCUT2D eigenvalue weighted by molar-refractivity contribution is -0.137. The fourth-order valence-electron chi connectivity index (χ4n) is 3.60. The van der Waals surface area contributed by atoms with Gasteiger partial charge in [0.25, 0.3) is 0 Å². The Morgan fingerprint density at radius 2 is 1.90 bits per heavy atom. The number of halogens is 4. The molecule has 2 N–H and O–H groups in total. The number of alkyl halides is 3. The van der Waals surface area contributed by atoms with Gasteiger partial charge < -0.3 is 19.8 Å². The average molecular weight is 552 g/mol. The number of nitrogens with zero attached hydrogens (tertiary/aromatic N) is 2. The van der Waals surface area contributed by atoms with Crippen molar-refractivity contribution in [3.05, 3.63) is 52.7 Å². The maximum atomic E-state index is 13.2. The summed E-state index contributed by atoms with van der Waals surface area (Å²) >= 11 is 0. The molecule has 0 aliphatic carbocycles. The van der Waals surface area contributed by atoms with Gasteiger partial charge in [0.15, 0.2) is 5.96 Å². The molecule has 1 fully saturated rings. The maximum Gasteiger partial charge on any atom is 0.416 e. The molecule has 1 aromatic heterocycles. The van der Waals surface area contributed by atoms with Crippen molar-refractivity contribution in [1.82, 2.24) is 15.6 Å². The zero-order chi connectivity index (χ0) is 21.8. The number of hydrogen-bond acceptors (Lipinski definition) is 4. The van der Waals surface area contributed by atoms with Crippen molar-refractivity contribution in [2.24, 2.45) is 4.99 Å². The summed E-state index contributed by atoms with van der Waals surface area (Å²) in [5.41, 5.74) is 0.374. The summed E-state index contributed by atoms with van der Waals surface area (Å²) in [5.74, 6) is 1.84. The number of ether oxygens (including phenoxy) is 1. The van der Waals surface area contributed by atoms with Gasteiger partial charge in [-0.25, -0.2) is 4.98 Å². The molecule has 0 amide bonds. The average Bonchev–Trinajstić information content (AvgIpc) is 3.05. The number of aromatic nitrogens is 1. The van der Waals surface area contributed by atoms with Crippen LogP contribution >= 0.6 is 24.0 Å². The first-order valence-electron chi connectivity index (χ1n) is 9.86. The summed E-state index contributed by atoms with van der Waals surface area (Å²) in [5, 5.41) is 6.40. The van der Waals surface area contributed by atoms with Gasteiger partial charge in [-0.15, -0.1) is 24.0 Å². The van der Waals surface area contributed by atoms with Crippen molar-refractivity contribution in [1.29, 1.82) is 0 Å². The van der Waals surface area contributed by atoms with E-state index < -0.39 is 17.2 Å². The van der Waals surface area contributed by atoms with E-state index >= 15 is 0 Å². The Morgan fingerprint density at radius 1 is 1.19 bits per heavy atom. The normalized spacial score (nSPS) is 16.5.